The zero-order valence-electron chi connectivity index (χ0n) is 8.57. The third-order valence-corrected chi connectivity index (χ3v) is 2.28. The van der Waals surface area contributed by atoms with Crippen molar-refractivity contribution < 1.29 is 0 Å². The molecule has 0 N–H and O–H groups in total. The molecule has 2 heteroatoms. The maximum absolute atomic E-state index is 4.46. The number of hydrogen-bond donors (Lipinski definition) is 0. The van der Waals surface area contributed by atoms with E-state index in [0.717, 1.165) is 12.2 Å². The first-order valence-corrected chi connectivity index (χ1v) is 4.90. The molecule has 2 aromatic rings. The van der Waals surface area contributed by atoms with Crippen LogP contribution in [0.15, 0.2) is 36.5 Å². The normalized spacial score (nSPS) is 10.4. The van der Waals surface area contributed by atoms with Crippen molar-refractivity contribution in [1.29, 1.82) is 0 Å². The zero-order chi connectivity index (χ0) is 9.97. The molecule has 0 bridgehead atoms. The summed E-state index contributed by atoms with van der Waals surface area (Å²) in [4.78, 5) is 0. The molecule has 0 aliphatic rings. The summed E-state index contributed by atoms with van der Waals surface area (Å²) in [6.07, 6.45) is 2.01. The zero-order valence-corrected chi connectivity index (χ0v) is 8.57. The molecule has 0 fully saturated rings. The third-order valence-electron chi connectivity index (χ3n) is 2.28. The van der Waals surface area contributed by atoms with E-state index in [-0.39, 0.29) is 0 Å². The number of benzene rings is 1. The van der Waals surface area contributed by atoms with E-state index < -0.39 is 0 Å². The molecule has 0 saturated carbocycles. The second-order valence-corrected chi connectivity index (χ2v) is 3.43. The van der Waals surface area contributed by atoms with Gasteiger partial charge in [-0.15, -0.1) is 0 Å². The fourth-order valence-electron chi connectivity index (χ4n) is 1.50. The van der Waals surface area contributed by atoms with Crippen molar-refractivity contribution in [3.05, 3.63) is 42.1 Å². The molecule has 0 radical (unpaired) electrons. The number of rotatable bonds is 2. The van der Waals surface area contributed by atoms with Crippen LogP contribution in [0.1, 0.15) is 12.5 Å². The summed E-state index contributed by atoms with van der Waals surface area (Å²) < 4.78 is 1.94. The van der Waals surface area contributed by atoms with E-state index in [9.17, 15) is 0 Å². The minimum absolute atomic E-state index is 0.922. The number of aromatic nitrogens is 2. The van der Waals surface area contributed by atoms with E-state index in [1.165, 1.54) is 11.1 Å². The smallest absolute Gasteiger partial charge is 0.0923 e. The summed E-state index contributed by atoms with van der Waals surface area (Å²) in [6.45, 7) is 5.11. The highest BCUT2D eigenvalue weighted by Crippen LogP contribution is 2.17. The number of aryl methyl sites for hydroxylation is 2. The molecule has 0 saturated heterocycles. The van der Waals surface area contributed by atoms with E-state index in [4.69, 9.17) is 0 Å². The van der Waals surface area contributed by atoms with Crippen LogP contribution in [0, 0.1) is 6.92 Å². The van der Waals surface area contributed by atoms with Crippen LogP contribution in [0.5, 0.6) is 0 Å². The second-order valence-electron chi connectivity index (χ2n) is 3.43. The Kier molecular flexibility index (Phi) is 2.35. The predicted molar refractivity (Wildman–Crippen MR) is 58.1 cm³/mol. The largest absolute Gasteiger partial charge is 0.272 e. The molecule has 14 heavy (non-hydrogen) atoms. The Morgan fingerprint density at radius 2 is 2.14 bits per heavy atom. The molecule has 0 aliphatic carbocycles. The molecule has 0 aliphatic heterocycles. The van der Waals surface area contributed by atoms with E-state index in [1.54, 1.807) is 0 Å². The van der Waals surface area contributed by atoms with Crippen molar-refractivity contribution in [2.45, 2.75) is 20.4 Å². The number of hydrogen-bond acceptors (Lipinski definition) is 1. The Morgan fingerprint density at radius 1 is 1.29 bits per heavy atom. The van der Waals surface area contributed by atoms with Crippen molar-refractivity contribution >= 4 is 0 Å². The molecular weight excluding hydrogens is 172 g/mol. The molecule has 0 unspecified atom stereocenters. The topological polar surface area (TPSA) is 17.8 Å². The molecule has 2 rings (SSSR count). The molecule has 1 aromatic carbocycles. The number of nitrogens with zero attached hydrogens (tertiary/aromatic N) is 2. The van der Waals surface area contributed by atoms with Gasteiger partial charge in [0.15, 0.2) is 0 Å². The van der Waals surface area contributed by atoms with Gasteiger partial charge in [0.05, 0.1) is 5.69 Å². The standard InChI is InChI=1S/C12H14N2/c1-3-14-8-7-12(13-14)11-6-4-5-10(2)9-11/h4-9H,3H2,1-2H3. The average molecular weight is 186 g/mol. The van der Waals surface area contributed by atoms with Crippen LogP contribution < -0.4 is 0 Å². The fourth-order valence-corrected chi connectivity index (χ4v) is 1.50. The lowest BCUT2D eigenvalue weighted by molar-refractivity contribution is 0.662. The predicted octanol–water partition coefficient (Wildman–Crippen LogP) is 2.88. The lowest BCUT2D eigenvalue weighted by Crippen LogP contribution is -1.93. The van der Waals surface area contributed by atoms with Crippen LogP contribution in [-0.2, 0) is 6.54 Å². The molecule has 0 spiro atoms. The van der Waals surface area contributed by atoms with Crippen LogP contribution >= 0.6 is 0 Å². The van der Waals surface area contributed by atoms with Gasteiger partial charge >= 0.3 is 0 Å². The lowest BCUT2D eigenvalue weighted by atomic mass is 10.1. The highest BCUT2D eigenvalue weighted by Gasteiger charge is 2.00. The summed E-state index contributed by atoms with van der Waals surface area (Å²) in [5, 5.41) is 4.46. The van der Waals surface area contributed by atoms with Gasteiger partial charge in [-0.05, 0) is 26.0 Å². The second kappa shape index (κ2) is 3.66. The highest BCUT2D eigenvalue weighted by atomic mass is 15.3. The van der Waals surface area contributed by atoms with Crippen molar-refractivity contribution in [1.82, 2.24) is 9.78 Å². The lowest BCUT2D eigenvalue weighted by Gasteiger charge is -1.98. The van der Waals surface area contributed by atoms with Gasteiger partial charge in [0.25, 0.3) is 0 Å². The quantitative estimate of drug-likeness (QED) is 0.705. The van der Waals surface area contributed by atoms with Gasteiger partial charge in [-0.1, -0.05) is 23.8 Å². The van der Waals surface area contributed by atoms with Gasteiger partial charge < -0.3 is 0 Å². The first kappa shape index (κ1) is 9.00. The van der Waals surface area contributed by atoms with Crippen molar-refractivity contribution in [2.75, 3.05) is 0 Å². The SMILES string of the molecule is CCn1ccc(-c2cccc(C)c2)n1. The minimum Gasteiger partial charge on any atom is -0.272 e. The molecule has 0 amide bonds. The maximum Gasteiger partial charge on any atom is 0.0923 e. The first-order chi connectivity index (χ1) is 6.79. The highest BCUT2D eigenvalue weighted by molar-refractivity contribution is 5.59. The Morgan fingerprint density at radius 3 is 2.79 bits per heavy atom. The van der Waals surface area contributed by atoms with Crippen LogP contribution in [0.3, 0.4) is 0 Å². The molecule has 0 atom stereocenters. The van der Waals surface area contributed by atoms with Crippen LogP contribution in [0.2, 0.25) is 0 Å². The molecular formula is C12H14N2. The van der Waals surface area contributed by atoms with Gasteiger partial charge in [0.1, 0.15) is 0 Å². The Bertz CT molecular complexity index is 429. The minimum atomic E-state index is 0.922. The molecule has 72 valence electrons. The summed E-state index contributed by atoms with van der Waals surface area (Å²) in [6, 6.07) is 10.5. The molecule has 1 heterocycles. The van der Waals surface area contributed by atoms with Gasteiger partial charge in [0, 0.05) is 18.3 Å². The molecule has 1 aromatic heterocycles. The summed E-state index contributed by atoms with van der Waals surface area (Å²) >= 11 is 0. The summed E-state index contributed by atoms with van der Waals surface area (Å²) in [7, 11) is 0. The van der Waals surface area contributed by atoms with E-state index >= 15 is 0 Å². The summed E-state index contributed by atoms with van der Waals surface area (Å²) in [5.41, 5.74) is 3.52. The van der Waals surface area contributed by atoms with Crippen LogP contribution in [-0.4, -0.2) is 9.78 Å². The Labute approximate surface area is 84.2 Å². The maximum atomic E-state index is 4.46. The van der Waals surface area contributed by atoms with Crippen LogP contribution in [0.25, 0.3) is 11.3 Å². The van der Waals surface area contributed by atoms with Gasteiger partial charge in [-0.25, -0.2) is 0 Å². The fraction of sp³-hybridized carbons (Fsp3) is 0.250. The van der Waals surface area contributed by atoms with E-state index in [1.807, 2.05) is 10.9 Å². The van der Waals surface area contributed by atoms with Crippen LogP contribution in [0.4, 0.5) is 0 Å². The average Bonchev–Trinajstić information content (AvgIpc) is 2.66. The van der Waals surface area contributed by atoms with Gasteiger partial charge in [-0.3, -0.25) is 4.68 Å². The van der Waals surface area contributed by atoms with Gasteiger partial charge in [0.2, 0.25) is 0 Å². The van der Waals surface area contributed by atoms with E-state index in [2.05, 4.69) is 49.3 Å². The van der Waals surface area contributed by atoms with Gasteiger partial charge in [-0.2, -0.15) is 5.10 Å². The Balaban J connectivity index is 2.39. The monoisotopic (exact) mass is 186 g/mol. The third kappa shape index (κ3) is 1.69. The van der Waals surface area contributed by atoms with Crippen molar-refractivity contribution in [2.24, 2.45) is 0 Å². The van der Waals surface area contributed by atoms with E-state index in [0.29, 0.717) is 0 Å². The Hall–Kier alpha value is -1.57. The first-order valence-electron chi connectivity index (χ1n) is 4.90. The molecule has 2 nitrogen and oxygen atoms in total. The summed E-state index contributed by atoms with van der Waals surface area (Å²) in [5.74, 6) is 0. The van der Waals surface area contributed by atoms with Crippen molar-refractivity contribution in [3.63, 3.8) is 0 Å². The van der Waals surface area contributed by atoms with Crippen molar-refractivity contribution in [3.8, 4) is 11.3 Å².